The number of aliphatic hydroxyl groups excluding tert-OH is 1. The van der Waals surface area contributed by atoms with Gasteiger partial charge in [-0.15, -0.1) is 0 Å². The van der Waals surface area contributed by atoms with Crippen LogP contribution >= 0.6 is 0 Å². The Morgan fingerprint density at radius 1 is 0.815 bits per heavy atom. The van der Waals surface area contributed by atoms with Crippen LogP contribution in [0, 0.1) is 10.8 Å². The van der Waals surface area contributed by atoms with E-state index >= 15 is 0 Å². The van der Waals surface area contributed by atoms with Crippen molar-refractivity contribution in [1.82, 2.24) is 62.1 Å². The molecule has 2 fully saturated rings. The van der Waals surface area contributed by atoms with Gasteiger partial charge >= 0.3 is 24.8 Å². The predicted octanol–water partition coefficient (Wildman–Crippen LogP) is 2.49. The molecular weight excluding hydrogens is 1170 g/mol. The standard InChI is InChI=1S/C33H40N6O6.C33H38N6O5.2CH4.Li/c1-20(30(42)39-14-6-8-27(38-39)31(43)44)36-29(41)28(15-22-7-5-13-34-18-22)37-32(45)33(3,4)12-11-26-17-25-16-23(21(2)40)9-10-24(25)19-35-26;1-20-30(41)39-14-6-8-27(38-39)31(42)44-21(2)23-9-10-24-19-35-26(17-25(24)16-23)11-12-33(3,4)32(43)37-28(29(40)36-20)15-22-7-5-13-34-18-22;;;/h5,7,9-13,16-21,27-28,38,40H,6,8,14-15H2,1-4H3,(H,36,41)(H,37,45)(H,43,44);5,7,9-13,16-21,27-28,38H,6,8,14-15H2,1-4H3,(H,36,40)(H,37,43);2*1H4;/q;;;;+1/p-1/b2*12-11+;;;/t2*20-,21+,27-,28-;;;/m00.../s1. The Balaban J connectivity index is 0.000000323. The number of carboxylic acid groups (broad SMARTS) is 1. The molecule has 3 aliphatic rings. The number of nitrogens with zero attached hydrogens (tertiary/aromatic N) is 6. The minimum atomic E-state index is -1.30. The van der Waals surface area contributed by atoms with Crippen LogP contribution in [-0.4, -0.2) is 132 Å². The van der Waals surface area contributed by atoms with Crippen molar-refractivity contribution < 1.29 is 72.2 Å². The van der Waals surface area contributed by atoms with Gasteiger partial charge in [-0.3, -0.25) is 63.5 Å². The molecule has 7 heterocycles. The van der Waals surface area contributed by atoms with Crippen LogP contribution in [0.4, 0.5) is 0 Å². The molecule has 2 aromatic carbocycles. The van der Waals surface area contributed by atoms with Crippen LogP contribution in [0.5, 0.6) is 0 Å². The number of carbonyl (C=O) groups is 8. The third kappa shape index (κ3) is 19.6. The molecule has 7 N–H and O–H groups in total. The number of benzene rings is 2. The van der Waals surface area contributed by atoms with Gasteiger partial charge in [-0.05, 0) is 163 Å². The van der Waals surface area contributed by atoms with Gasteiger partial charge in [0.2, 0.25) is 23.6 Å². The van der Waals surface area contributed by atoms with E-state index in [1.165, 1.54) is 16.9 Å². The van der Waals surface area contributed by atoms with Crippen LogP contribution in [-0.2, 0) is 55.9 Å². The first-order valence-electron chi connectivity index (χ1n) is 29.8. The Morgan fingerprint density at radius 2 is 1.48 bits per heavy atom. The number of rotatable bonds is 13. The summed E-state index contributed by atoms with van der Waals surface area (Å²) >= 11 is 0. The molecule has 4 aromatic heterocycles. The predicted molar refractivity (Wildman–Crippen MR) is 343 cm³/mol. The van der Waals surface area contributed by atoms with Crippen LogP contribution in [0.2, 0.25) is 0 Å². The summed E-state index contributed by atoms with van der Waals surface area (Å²) < 4.78 is 5.82. The van der Waals surface area contributed by atoms with Gasteiger partial charge in [-0.2, -0.15) is 0 Å². The van der Waals surface area contributed by atoms with Gasteiger partial charge in [-0.1, -0.05) is 63.4 Å². The Hall–Kier alpha value is -8.72. The summed E-state index contributed by atoms with van der Waals surface area (Å²) in [4.78, 5) is 122. The van der Waals surface area contributed by atoms with E-state index in [0.717, 1.165) is 38.2 Å². The number of aliphatic hydroxyl groups is 1. The Labute approximate surface area is 549 Å². The summed E-state index contributed by atoms with van der Waals surface area (Å²) in [5.41, 5.74) is 7.91. The van der Waals surface area contributed by atoms with E-state index in [4.69, 9.17) is 4.74 Å². The largest absolute Gasteiger partial charge is 1.00 e. The van der Waals surface area contributed by atoms with Crippen molar-refractivity contribution in [2.45, 2.75) is 157 Å². The maximum absolute atomic E-state index is 13.6. The molecule has 92 heavy (non-hydrogen) atoms. The second-order valence-electron chi connectivity index (χ2n) is 23.9. The smallest absolute Gasteiger partial charge is 0.548 e. The molecule has 0 aliphatic carbocycles. The number of pyridine rings is 4. The number of carboxylic acids is 1. The maximum atomic E-state index is 13.6. The fourth-order valence-electron chi connectivity index (χ4n) is 10.2. The number of hydrogen-bond acceptors (Lipinski definition) is 17. The van der Waals surface area contributed by atoms with E-state index < -0.39 is 101 Å². The van der Waals surface area contributed by atoms with Gasteiger partial charge in [0.15, 0.2) is 0 Å². The molecule has 5 bridgehead atoms. The second kappa shape index (κ2) is 33.0. The van der Waals surface area contributed by atoms with Crippen LogP contribution in [0.3, 0.4) is 0 Å². The summed E-state index contributed by atoms with van der Waals surface area (Å²) in [7, 11) is 0. The zero-order valence-electron chi connectivity index (χ0n) is 52.2. The number of hydrazine groups is 2. The van der Waals surface area contributed by atoms with Crippen molar-refractivity contribution in [3.63, 3.8) is 0 Å². The number of amides is 6. The van der Waals surface area contributed by atoms with E-state index in [2.05, 4.69) is 52.1 Å². The molecule has 8 atom stereocenters. The minimum Gasteiger partial charge on any atom is -0.548 e. The van der Waals surface area contributed by atoms with Crippen molar-refractivity contribution in [2.75, 3.05) is 13.1 Å². The van der Waals surface area contributed by atoms with Crippen molar-refractivity contribution in [1.29, 1.82) is 0 Å². The van der Waals surface area contributed by atoms with Gasteiger partial charge in [0.05, 0.1) is 40.3 Å². The number of esters is 1. The molecule has 24 heteroatoms. The number of ether oxygens (including phenoxy) is 1. The number of aromatic nitrogens is 4. The zero-order valence-corrected chi connectivity index (χ0v) is 52.2. The molecule has 0 unspecified atom stereocenters. The number of cyclic esters (lactones) is 1. The first kappa shape index (κ1) is 74.0. The van der Waals surface area contributed by atoms with Gasteiger partial charge in [0, 0.05) is 73.9 Å². The molecule has 0 radical (unpaired) electrons. The zero-order chi connectivity index (χ0) is 64.2. The Bertz CT molecular complexity index is 3640. The van der Waals surface area contributed by atoms with E-state index in [9.17, 15) is 48.6 Å². The molecule has 0 spiro atoms. The van der Waals surface area contributed by atoms with E-state index in [0.29, 0.717) is 49.2 Å². The maximum Gasteiger partial charge on any atom is 1.00 e. The molecule has 6 aromatic rings. The summed E-state index contributed by atoms with van der Waals surface area (Å²) in [6.45, 7) is 14.2. The molecule has 3 aliphatic heterocycles. The molecule has 6 amide bonds. The summed E-state index contributed by atoms with van der Waals surface area (Å²) in [5, 5.41) is 38.6. The van der Waals surface area contributed by atoms with Crippen LogP contribution < -0.4 is 56.1 Å². The average molecular weight is 1250 g/mol. The van der Waals surface area contributed by atoms with Crippen LogP contribution in [0.25, 0.3) is 33.7 Å². The van der Waals surface area contributed by atoms with Crippen molar-refractivity contribution in [2.24, 2.45) is 10.8 Å². The van der Waals surface area contributed by atoms with Crippen molar-refractivity contribution in [3.8, 4) is 0 Å². The van der Waals surface area contributed by atoms with Gasteiger partial charge in [-0.25, -0.2) is 10.9 Å². The summed E-state index contributed by atoms with van der Waals surface area (Å²) in [6, 6.07) is 16.6. The summed E-state index contributed by atoms with van der Waals surface area (Å²) in [6.07, 6.45) is 17.9. The quantitative estimate of drug-likeness (QED) is 0.0645. The van der Waals surface area contributed by atoms with Gasteiger partial charge in [0.1, 0.15) is 36.3 Å². The van der Waals surface area contributed by atoms with Crippen LogP contribution in [0.15, 0.2) is 122 Å². The number of hydrogen-bond donors (Lipinski definition) is 7. The Morgan fingerprint density at radius 3 is 2.15 bits per heavy atom. The van der Waals surface area contributed by atoms with E-state index in [1.54, 1.807) is 121 Å². The first-order chi connectivity index (χ1) is 42.3. The third-order valence-corrected chi connectivity index (χ3v) is 15.8. The molecule has 2 saturated heterocycles. The third-order valence-electron chi connectivity index (χ3n) is 15.8. The molecule has 9 rings (SSSR count). The summed E-state index contributed by atoms with van der Waals surface area (Å²) in [5.74, 6) is -4.55. The number of aliphatic carboxylic acids is 1. The SMILES string of the molecule is C.C.C[C@@H]1NC(=O)[C@H](Cc2cccnc2)NC(=O)C(C)(C)/C=C/c2cc3cc(ccc3cn2)[C@@H](C)OC(=O)[C@@H]2CCCN(N2)C1=O.C[C@H](NC(=O)[C@H](Cc1cccnc1)NC(=O)C(C)(C)/C=C/c1cc2cc([C@@H](C)O)ccc2cn1)C(=O)N1CCC[C@@H](C(=O)[O-])N1.[Li+]. The van der Waals surface area contributed by atoms with Gasteiger partial charge < -0.3 is 41.0 Å². The first-order valence-corrected chi connectivity index (χ1v) is 29.8. The second-order valence-corrected chi connectivity index (χ2v) is 23.9. The monoisotopic (exact) mass is 1250 g/mol. The minimum absolute atomic E-state index is 0. The molecule has 0 saturated carbocycles. The van der Waals surface area contributed by atoms with E-state index in [-0.39, 0.29) is 59.0 Å². The average Bonchev–Trinajstić information content (AvgIpc) is 1.59. The fraction of sp³-hybridized carbons (Fsp3) is 0.412. The molecular formula is C68H85LiN12O11. The van der Waals surface area contributed by atoms with Crippen molar-refractivity contribution >= 4 is 81.1 Å². The normalized spacial score (nSPS) is 20.8. The van der Waals surface area contributed by atoms with Crippen LogP contribution in [0.1, 0.15) is 142 Å². The number of nitrogens with one attached hydrogen (secondary N) is 6. The van der Waals surface area contributed by atoms with Gasteiger partial charge in [0.25, 0.3) is 11.8 Å². The Kier molecular flexibility index (Phi) is 26.6. The number of carbonyl (C=O) groups excluding carboxylic acids is 8. The van der Waals surface area contributed by atoms with Crippen molar-refractivity contribution in [3.05, 3.63) is 156 Å². The topological polar surface area (TPSA) is 319 Å². The fourth-order valence-corrected chi connectivity index (χ4v) is 10.2. The molecule has 23 nitrogen and oxygen atoms in total. The number of fused-ring (bicyclic) bond motifs is 5. The van der Waals surface area contributed by atoms with E-state index in [1.807, 2.05) is 61.5 Å². The molecule has 484 valence electrons.